The van der Waals surface area contributed by atoms with Crippen molar-refractivity contribution in [1.82, 2.24) is 4.90 Å². The van der Waals surface area contributed by atoms with Crippen LogP contribution in [-0.4, -0.2) is 28.3 Å². The van der Waals surface area contributed by atoms with E-state index in [1.54, 1.807) is 11.0 Å². The summed E-state index contributed by atoms with van der Waals surface area (Å²) < 4.78 is 0. The first-order valence-corrected chi connectivity index (χ1v) is 7.55. The van der Waals surface area contributed by atoms with Gasteiger partial charge in [0.15, 0.2) is 0 Å². The highest BCUT2D eigenvalue weighted by atomic mass is 35.5. The minimum atomic E-state index is -0.571. The summed E-state index contributed by atoms with van der Waals surface area (Å²) in [5, 5.41) is 10.8. The van der Waals surface area contributed by atoms with E-state index in [-0.39, 0.29) is 28.2 Å². The van der Waals surface area contributed by atoms with Crippen LogP contribution in [0.1, 0.15) is 50.4 Å². The lowest BCUT2D eigenvalue weighted by Crippen LogP contribution is -2.39. The van der Waals surface area contributed by atoms with Crippen LogP contribution < -0.4 is 0 Å². The van der Waals surface area contributed by atoms with Gasteiger partial charge in [0.1, 0.15) is 5.02 Å². The highest BCUT2D eigenvalue weighted by molar-refractivity contribution is 6.35. The molecule has 0 saturated heterocycles. The van der Waals surface area contributed by atoms with E-state index in [1.807, 2.05) is 13.8 Å². The summed E-state index contributed by atoms with van der Waals surface area (Å²) in [7, 11) is 0. The standard InChI is InChI=1S/C15H21ClN2O3/c1-4-6-10-17(11(3)5-2)15(19)12-8-7-9-13(14(12)16)18(20)21/h7-9,11H,4-6,10H2,1-3H3. The summed E-state index contributed by atoms with van der Waals surface area (Å²) in [6.45, 7) is 6.66. The van der Waals surface area contributed by atoms with Gasteiger partial charge in [-0.2, -0.15) is 0 Å². The number of carbonyl (C=O) groups excluding carboxylic acids is 1. The lowest BCUT2D eigenvalue weighted by Gasteiger charge is -2.29. The zero-order chi connectivity index (χ0) is 16.0. The Bertz CT molecular complexity index is 520. The maximum Gasteiger partial charge on any atom is 0.288 e. The van der Waals surface area contributed by atoms with Crippen LogP contribution in [0.25, 0.3) is 0 Å². The van der Waals surface area contributed by atoms with Crippen molar-refractivity contribution in [2.75, 3.05) is 6.54 Å². The normalized spacial score (nSPS) is 12.0. The number of nitrogens with zero attached hydrogens (tertiary/aromatic N) is 2. The average Bonchev–Trinajstić information content (AvgIpc) is 2.46. The number of halogens is 1. The second-order valence-corrected chi connectivity index (χ2v) is 5.38. The Labute approximate surface area is 130 Å². The van der Waals surface area contributed by atoms with E-state index in [0.717, 1.165) is 19.3 Å². The van der Waals surface area contributed by atoms with Crippen LogP contribution in [-0.2, 0) is 0 Å². The zero-order valence-corrected chi connectivity index (χ0v) is 13.4. The van der Waals surface area contributed by atoms with Crippen molar-refractivity contribution >= 4 is 23.2 Å². The van der Waals surface area contributed by atoms with Crippen LogP contribution in [0.4, 0.5) is 5.69 Å². The summed E-state index contributed by atoms with van der Waals surface area (Å²) >= 11 is 6.04. The second kappa shape index (κ2) is 7.98. The van der Waals surface area contributed by atoms with Crippen LogP contribution in [0.3, 0.4) is 0 Å². The van der Waals surface area contributed by atoms with Crippen molar-refractivity contribution in [1.29, 1.82) is 0 Å². The Morgan fingerprint density at radius 2 is 2.10 bits per heavy atom. The van der Waals surface area contributed by atoms with E-state index in [9.17, 15) is 14.9 Å². The monoisotopic (exact) mass is 312 g/mol. The highest BCUT2D eigenvalue weighted by Gasteiger charge is 2.25. The molecule has 1 unspecified atom stereocenters. The molecule has 1 aromatic rings. The molecule has 0 fully saturated rings. The number of hydrogen-bond acceptors (Lipinski definition) is 3. The molecule has 0 saturated carbocycles. The van der Waals surface area contributed by atoms with Gasteiger partial charge in [0, 0.05) is 18.7 Å². The molecule has 0 aliphatic rings. The van der Waals surface area contributed by atoms with Gasteiger partial charge in [-0.25, -0.2) is 0 Å². The summed E-state index contributed by atoms with van der Waals surface area (Å²) in [5.41, 5.74) is -0.0376. The lowest BCUT2D eigenvalue weighted by molar-refractivity contribution is -0.384. The third-order valence-electron chi connectivity index (χ3n) is 3.54. The molecule has 0 aromatic heterocycles. The van der Waals surface area contributed by atoms with Gasteiger partial charge >= 0.3 is 0 Å². The molecule has 0 N–H and O–H groups in total. The average molecular weight is 313 g/mol. The van der Waals surface area contributed by atoms with Gasteiger partial charge in [0.2, 0.25) is 0 Å². The molecule has 1 aromatic carbocycles. The number of hydrogen-bond donors (Lipinski definition) is 0. The smallest absolute Gasteiger partial charge is 0.288 e. The molecule has 0 spiro atoms. The first-order chi connectivity index (χ1) is 9.93. The van der Waals surface area contributed by atoms with E-state index in [1.165, 1.54) is 12.1 Å². The van der Waals surface area contributed by atoms with Crippen LogP contribution in [0.2, 0.25) is 5.02 Å². The Kier molecular flexibility index (Phi) is 6.62. The number of unbranched alkanes of at least 4 members (excludes halogenated alkanes) is 1. The molecule has 1 amide bonds. The Balaban J connectivity index is 3.14. The van der Waals surface area contributed by atoms with Gasteiger partial charge in [-0.05, 0) is 25.8 Å². The van der Waals surface area contributed by atoms with Crippen molar-refractivity contribution in [3.05, 3.63) is 38.9 Å². The van der Waals surface area contributed by atoms with Crippen molar-refractivity contribution in [2.45, 2.75) is 46.1 Å². The third-order valence-corrected chi connectivity index (χ3v) is 3.94. The van der Waals surface area contributed by atoms with Gasteiger partial charge < -0.3 is 4.90 Å². The minimum Gasteiger partial charge on any atom is -0.336 e. The zero-order valence-electron chi connectivity index (χ0n) is 12.6. The molecule has 1 atom stereocenters. The molecule has 0 heterocycles. The van der Waals surface area contributed by atoms with Gasteiger partial charge in [-0.3, -0.25) is 14.9 Å². The van der Waals surface area contributed by atoms with Crippen molar-refractivity contribution in [3.63, 3.8) is 0 Å². The second-order valence-electron chi connectivity index (χ2n) is 5.01. The van der Waals surface area contributed by atoms with Crippen molar-refractivity contribution in [3.8, 4) is 0 Å². The molecule has 0 aliphatic carbocycles. The number of nitro groups is 1. The molecule has 116 valence electrons. The Morgan fingerprint density at radius 3 is 2.62 bits per heavy atom. The fraction of sp³-hybridized carbons (Fsp3) is 0.533. The van der Waals surface area contributed by atoms with Crippen molar-refractivity contribution in [2.24, 2.45) is 0 Å². The number of rotatable bonds is 7. The predicted molar refractivity (Wildman–Crippen MR) is 83.8 cm³/mol. The molecular weight excluding hydrogens is 292 g/mol. The van der Waals surface area contributed by atoms with E-state index >= 15 is 0 Å². The quantitative estimate of drug-likeness (QED) is 0.557. The SMILES string of the molecule is CCCCN(C(=O)c1cccc([N+](=O)[O-])c1Cl)C(C)CC. The minimum absolute atomic E-state index is 0.0689. The van der Waals surface area contributed by atoms with Crippen LogP contribution in [0.15, 0.2) is 18.2 Å². The topological polar surface area (TPSA) is 63.5 Å². The molecule has 21 heavy (non-hydrogen) atoms. The van der Waals surface area contributed by atoms with Crippen LogP contribution >= 0.6 is 11.6 Å². The summed E-state index contributed by atoms with van der Waals surface area (Å²) in [5.74, 6) is -0.244. The first-order valence-electron chi connectivity index (χ1n) is 7.17. The third kappa shape index (κ3) is 4.17. The number of nitro benzene ring substituents is 1. The van der Waals surface area contributed by atoms with Gasteiger partial charge in [-0.15, -0.1) is 0 Å². The van der Waals surface area contributed by atoms with E-state index in [0.29, 0.717) is 6.54 Å². The van der Waals surface area contributed by atoms with Gasteiger partial charge in [0.25, 0.3) is 11.6 Å². The Morgan fingerprint density at radius 1 is 1.43 bits per heavy atom. The van der Waals surface area contributed by atoms with Gasteiger partial charge in [0.05, 0.1) is 10.5 Å². The Hall–Kier alpha value is -1.62. The molecule has 1 rings (SSSR count). The molecule has 0 bridgehead atoms. The van der Waals surface area contributed by atoms with Gasteiger partial charge in [-0.1, -0.05) is 37.9 Å². The summed E-state index contributed by atoms with van der Waals surface area (Å²) in [6, 6.07) is 4.41. The largest absolute Gasteiger partial charge is 0.336 e. The molecule has 6 heteroatoms. The van der Waals surface area contributed by atoms with Crippen molar-refractivity contribution < 1.29 is 9.72 Å². The summed E-state index contributed by atoms with van der Waals surface area (Å²) in [6.07, 6.45) is 2.69. The van der Waals surface area contributed by atoms with E-state index in [4.69, 9.17) is 11.6 Å². The molecule has 0 aliphatic heterocycles. The maximum atomic E-state index is 12.7. The predicted octanol–water partition coefficient (Wildman–Crippen LogP) is 4.29. The lowest BCUT2D eigenvalue weighted by atomic mass is 10.1. The first kappa shape index (κ1) is 17.4. The fourth-order valence-corrected chi connectivity index (χ4v) is 2.33. The summed E-state index contributed by atoms with van der Waals surface area (Å²) in [4.78, 5) is 24.8. The molecule has 5 nitrogen and oxygen atoms in total. The number of amides is 1. The van der Waals surface area contributed by atoms with E-state index < -0.39 is 4.92 Å². The van der Waals surface area contributed by atoms with E-state index in [2.05, 4.69) is 6.92 Å². The molecular formula is C15H21ClN2O3. The van der Waals surface area contributed by atoms with Crippen LogP contribution in [0, 0.1) is 10.1 Å². The highest BCUT2D eigenvalue weighted by Crippen LogP contribution is 2.29. The maximum absolute atomic E-state index is 12.7. The number of carbonyl (C=O) groups is 1. The van der Waals surface area contributed by atoms with Crippen LogP contribution in [0.5, 0.6) is 0 Å². The number of benzene rings is 1. The molecule has 0 radical (unpaired) electrons. The fourth-order valence-electron chi connectivity index (χ4n) is 2.05.